The molecule has 0 saturated heterocycles. The molecule has 2 nitrogen and oxygen atoms in total. The molecule has 0 heterocycles. The van der Waals surface area contributed by atoms with E-state index in [1.165, 1.54) is 51.7 Å². The molecular weight excluding hydrogens is 232 g/mol. The fourth-order valence-corrected chi connectivity index (χ4v) is 3.58. The summed E-state index contributed by atoms with van der Waals surface area (Å²) in [6.07, 6.45) is 6.75. The normalized spacial score (nSPS) is 28.3. The lowest BCUT2D eigenvalue weighted by molar-refractivity contribution is 0.132. The monoisotopic (exact) mass is 268 g/mol. The zero-order chi connectivity index (χ0) is 14.3. The molecule has 0 aromatic heterocycles. The molecule has 1 rings (SSSR count). The average molecular weight is 268 g/mol. The first-order valence-electron chi connectivity index (χ1n) is 8.50. The topological polar surface area (TPSA) is 15.3 Å². The fourth-order valence-electron chi connectivity index (χ4n) is 3.58. The third-order valence-electron chi connectivity index (χ3n) is 4.77. The molecule has 0 bridgehead atoms. The number of hydrogen-bond acceptors (Lipinski definition) is 2. The van der Waals surface area contributed by atoms with Gasteiger partial charge in [-0.05, 0) is 70.0 Å². The van der Waals surface area contributed by atoms with Gasteiger partial charge in [0.1, 0.15) is 0 Å². The van der Waals surface area contributed by atoms with Gasteiger partial charge < -0.3 is 10.2 Å². The van der Waals surface area contributed by atoms with Crippen LogP contribution in [0.5, 0.6) is 0 Å². The summed E-state index contributed by atoms with van der Waals surface area (Å²) >= 11 is 0. The Kier molecular flexibility index (Phi) is 8.01. The maximum Gasteiger partial charge on any atom is 0.0108 e. The van der Waals surface area contributed by atoms with Gasteiger partial charge >= 0.3 is 0 Å². The van der Waals surface area contributed by atoms with Crippen molar-refractivity contribution in [2.45, 2.75) is 65.8 Å². The molecule has 1 aliphatic carbocycles. The summed E-state index contributed by atoms with van der Waals surface area (Å²) in [6.45, 7) is 13.0. The molecule has 114 valence electrons. The van der Waals surface area contributed by atoms with Crippen molar-refractivity contribution in [1.82, 2.24) is 10.2 Å². The Morgan fingerprint density at radius 3 is 2.47 bits per heavy atom. The van der Waals surface area contributed by atoms with Gasteiger partial charge in [-0.25, -0.2) is 0 Å². The van der Waals surface area contributed by atoms with E-state index in [9.17, 15) is 0 Å². The summed E-state index contributed by atoms with van der Waals surface area (Å²) in [5.74, 6) is 2.65. The van der Waals surface area contributed by atoms with Crippen LogP contribution in [0.25, 0.3) is 0 Å². The van der Waals surface area contributed by atoms with Crippen LogP contribution in [0, 0.1) is 17.8 Å². The minimum atomic E-state index is 0.759. The zero-order valence-electron chi connectivity index (χ0n) is 13.9. The zero-order valence-corrected chi connectivity index (χ0v) is 13.9. The van der Waals surface area contributed by atoms with E-state index in [0.717, 1.165) is 23.8 Å². The maximum absolute atomic E-state index is 3.80. The summed E-state index contributed by atoms with van der Waals surface area (Å²) in [7, 11) is 2.29. The molecule has 19 heavy (non-hydrogen) atoms. The molecule has 1 fully saturated rings. The van der Waals surface area contributed by atoms with E-state index >= 15 is 0 Å². The molecular formula is C17H36N2. The number of nitrogens with one attached hydrogen (secondary N) is 1. The minimum Gasteiger partial charge on any atom is -0.314 e. The van der Waals surface area contributed by atoms with Crippen LogP contribution in [-0.2, 0) is 0 Å². The van der Waals surface area contributed by atoms with Gasteiger partial charge in [0.05, 0.1) is 0 Å². The van der Waals surface area contributed by atoms with Crippen LogP contribution in [0.2, 0.25) is 0 Å². The van der Waals surface area contributed by atoms with E-state index in [4.69, 9.17) is 0 Å². The predicted octanol–water partition coefficient (Wildman–Crippen LogP) is 3.77. The van der Waals surface area contributed by atoms with E-state index < -0.39 is 0 Å². The molecule has 3 unspecified atom stereocenters. The van der Waals surface area contributed by atoms with Crippen molar-refractivity contribution in [2.75, 3.05) is 26.7 Å². The number of hydrogen-bond donors (Lipinski definition) is 1. The Balaban J connectivity index is 2.54. The third-order valence-corrected chi connectivity index (χ3v) is 4.77. The number of nitrogens with zero attached hydrogens (tertiary/aromatic N) is 1. The van der Waals surface area contributed by atoms with Crippen LogP contribution in [0.3, 0.4) is 0 Å². The van der Waals surface area contributed by atoms with E-state index in [0.29, 0.717) is 0 Å². The molecule has 1 aliphatic rings. The van der Waals surface area contributed by atoms with Crippen LogP contribution >= 0.6 is 0 Å². The molecule has 0 amide bonds. The Hall–Kier alpha value is -0.0800. The van der Waals surface area contributed by atoms with Crippen LogP contribution in [0.1, 0.15) is 59.8 Å². The molecule has 0 aliphatic heterocycles. The van der Waals surface area contributed by atoms with E-state index in [-0.39, 0.29) is 0 Å². The molecule has 1 saturated carbocycles. The lowest BCUT2D eigenvalue weighted by Crippen LogP contribution is -2.46. The van der Waals surface area contributed by atoms with Crippen molar-refractivity contribution in [2.24, 2.45) is 17.8 Å². The van der Waals surface area contributed by atoms with E-state index in [1.807, 2.05) is 0 Å². The van der Waals surface area contributed by atoms with Gasteiger partial charge in [0.15, 0.2) is 0 Å². The molecule has 0 radical (unpaired) electrons. The maximum atomic E-state index is 3.80. The first-order valence-corrected chi connectivity index (χ1v) is 8.50. The smallest absolute Gasteiger partial charge is 0.0108 e. The Morgan fingerprint density at radius 1 is 1.16 bits per heavy atom. The molecule has 2 heteroatoms. The van der Waals surface area contributed by atoms with Gasteiger partial charge in [0.2, 0.25) is 0 Å². The molecule has 0 aromatic carbocycles. The summed E-state index contributed by atoms with van der Waals surface area (Å²) in [5, 5.41) is 3.80. The van der Waals surface area contributed by atoms with Crippen molar-refractivity contribution < 1.29 is 0 Å². The first kappa shape index (κ1) is 17.0. The van der Waals surface area contributed by atoms with Crippen molar-refractivity contribution in [3.63, 3.8) is 0 Å². The second kappa shape index (κ2) is 8.97. The van der Waals surface area contributed by atoms with Crippen molar-refractivity contribution >= 4 is 0 Å². The average Bonchev–Trinajstić information content (AvgIpc) is 2.37. The molecule has 0 aromatic rings. The Labute approximate surface area is 121 Å². The number of rotatable bonds is 8. The van der Waals surface area contributed by atoms with Gasteiger partial charge in [-0.1, -0.05) is 27.7 Å². The van der Waals surface area contributed by atoms with Gasteiger partial charge in [-0.3, -0.25) is 0 Å². The van der Waals surface area contributed by atoms with Gasteiger partial charge in [-0.15, -0.1) is 0 Å². The quantitative estimate of drug-likeness (QED) is 0.721. The van der Waals surface area contributed by atoms with Gasteiger partial charge in [-0.2, -0.15) is 0 Å². The lowest BCUT2D eigenvalue weighted by Gasteiger charge is -2.40. The highest BCUT2D eigenvalue weighted by Gasteiger charge is 2.31. The highest BCUT2D eigenvalue weighted by atomic mass is 15.1. The third kappa shape index (κ3) is 5.83. The minimum absolute atomic E-state index is 0.759. The fraction of sp³-hybridized carbons (Fsp3) is 1.00. The summed E-state index contributed by atoms with van der Waals surface area (Å²) in [6, 6.07) is 0.759. The van der Waals surface area contributed by atoms with Crippen molar-refractivity contribution in [1.29, 1.82) is 0 Å². The first-order chi connectivity index (χ1) is 9.08. The van der Waals surface area contributed by atoms with Crippen LogP contribution < -0.4 is 5.32 Å². The van der Waals surface area contributed by atoms with Crippen LogP contribution in [0.4, 0.5) is 0 Å². The summed E-state index contributed by atoms with van der Waals surface area (Å²) < 4.78 is 0. The second-order valence-electron chi connectivity index (χ2n) is 6.90. The summed E-state index contributed by atoms with van der Waals surface area (Å²) in [5.41, 5.74) is 0. The Bertz CT molecular complexity index is 227. The summed E-state index contributed by atoms with van der Waals surface area (Å²) in [4.78, 5) is 2.54. The highest BCUT2D eigenvalue weighted by Crippen LogP contribution is 2.34. The molecule has 0 spiro atoms. The Morgan fingerprint density at radius 2 is 1.89 bits per heavy atom. The van der Waals surface area contributed by atoms with Crippen LogP contribution in [0.15, 0.2) is 0 Å². The molecule has 3 atom stereocenters. The van der Waals surface area contributed by atoms with E-state index in [1.54, 1.807) is 0 Å². The van der Waals surface area contributed by atoms with Gasteiger partial charge in [0.25, 0.3) is 0 Å². The second-order valence-corrected chi connectivity index (χ2v) is 6.90. The van der Waals surface area contributed by atoms with Gasteiger partial charge in [0, 0.05) is 12.6 Å². The van der Waals surface area contributed by atoms with Crippen molar-refractivity contribution in [3.8, 4) is 0 Å². The lowest BCUT2D eigenvalue weighted by atomic mass is 9.73. The van der Waals surface area contributed by atoms with Crippen LogP contribution in [-0.4, -0.2) is 37.6 Å². The van der Waals surface area contributed by atoms with Crippen molar-refractivity contribution in [3.05, 3.63) is 0 Å². The largest absolute Gasteiger partial charge is 0.314 e. The SMILES string of the molecule is CCCNC1CCC(C(C)C)CC1CN(C)CCC. The predicted molar refractivity (Wildman–Crippen MR) is 85.5 cm³/mol. The van der Waals surface area contributed by atoms with E-state index in [2.05, 4.69) is 45.0 Å². The standard InChI is InChI=1S/C17H36N2/c1-6-10-18-17-9-8-15(14(3)4)12-16(17)13-19(5)11-7-2/h14-18H,6-13H2,1-5H3. The molecule has 1 N–H and O–H groups in total. The highest BCUT2D eigenvalue weighted by molar-refractivity contribution is 4.87.